The van der Waals surface area contributed by atoms with E-state index in [9.17, 15) is 22.8 Å². The van der Waals surface area contributed by atoms with Gasteiger partial charge < -0.3 is 20.3 Å². The number of hydrogen-bond acceptors (Lipinski definition) is 5. The highest BCUT2D eigenvalue weighted by Crippen LogP contribution is 2.41. The summed E-state index contributed by atoms with van der Waals surface area (Å²) >= 11 is 0. The average Bonchev–Trinajstić information content (AvgIpc) is 3.37. The molecule has 174 valence electrons. The first-order valence-electron chi connectivity index (χ1n) is 10.8. The van der Waals surface area contributed by atoms with E-state index >= 15 is 0 Å². The van der Waals surface area contributed by atoms with Gasteiger partial charge in [-0.05, 0) is 41.7 Å². The molecular formula is C23H23F3N4O3. The van der Waals surface area contributed by atoms with Gasteiger partial charge in [-0.15, -0.1) is 0 Å². The Morgan fingerprint density at radius 2 is 1.94 bits per heavy atom. The van der Waals surface area contributed by atoms with Gasteiger partial charge in [0.05, 0.1) is 18.7 Å². The Kier molecular flexibility index (Phi) is 4.98. The van der Waals surface area contributed by atoms with Gasteiger partial charge in [-0.1, -0.05) is 6.92 Å². The number of hydrogen-bond donors (Lipinski definition) is 2. The van der Waals surface area contributed by atoms with Crippen molar-refractivity contribution in [2.24, 2.45) is 11.8 Å². The third kappa shape index (κ3) is 3.87. The highest BCUT2D eigenvalue weighted by molar-refractivity contribution is 6.01. The van der Waals surface area contributed by atoms with Crippen molar-refractivity contribution in [3.63, 3.8) is 0 Å². The van der Waals surface area contributed by atoms with Crippen LogP contribution < -0.4 is 15.4 Å². The van der Waals surface area contributed by atoms with Crippen LogP contribution in [0.15, 0.2) is 24.4 Å². The minimum absolute atomic E-state index is 0.108. The van der Waals surface area contributed by atoms with Crippen LogP contribution in [0.1, 0.15) is 34.8 Å². The smallest absolute Gasteiger partial charge is 0.419 e. The number of ether oxygens (including phenoxy) is 1. The van der Waals surface area contributed by atoms with Gasteiger partial charge in [-0.3, -0.25) is 9.59 Å². The highest BCUT2D eigenvalue weighted by Gasteiger charge is 2.45. The van der Waals surface area contributed by atoms with E-state index in [0.29, 0.717) is 41.4 Å². The topological polar surface area (TPSA) is 83.6 Å². The van der Waals surface area contributed by atoms with Crippen molar-refractivity contribution in [1.29, 1.82) is 0 Å². The molecule has 1 aromatic carbocycles. The number of fused-ring (bicyclic) bond motifs is 1. The fourth-order valence-electron chi connectivity index (χ4n) is 4.44. The average molecular weight is 460 g/mol. The van der Waals surface area contributed by atoms with E-state index in [4.69, 9.17) is 4.74 Å². The van der Waals surface area contributed by atoms with Crippen LogP contribution in [0.2, 0.25) is 0 Å². The van der Waals surface area contributed by atoms with E-state index in [0.717, 1.165) is 12.5 Å². The predicted octanol–water partition coefficient (Wildman–Crippen LogP) is 3.30. The van der Waals surface area contributed by atoms with Gasteiger partial charge >= 0.3 is 6.18 Å². The van der Waals surface area contributed by atoms with E-state index in [1.165, 1.54) is 13.2 Å². The van der Waals surface area contributed by atoms with Crippen LogP contribution in [0.25, 0.3) is 11.1 Å². The predicted molar refractivity (Wildman–Crippen MR) is 114 cm³/mol. The summed E-state index contributed by atoms with van der Waals surface area (Å²) in [6.07, 6.45) is -2.55. The summed E-state index contributed by atoms with van der Waals surface area (Å²) in [7, 11) is 1.38. The molecule has 2 N–H and O–H groups in total. The summed E-state index contributed by atoms with van der Waals surface area (Å²) in [5.74, 6) is 0.488. The number of carbonyl (C=O) groups is 2. The summed E-state index contributed by atoms with van der Waals surface area (Å²) in [5, 5.41) is 5.18. The van der Waals surface area contributed by atoms with E-state index in [-0.39, 0.29) is 41.8 Å². The van der Waals surface area contributed by atoms with Crippen LogP contribution in [0.4, 0.5) is 19.0 Å². The second-order valence-corrected chi connectivity index (χ2v) is 8.85. The van der Waals surface area contributed by atoms with Crippen molar-refractivity contribution >= 4 is 17.6 Å². The quantitative estimate of drug-likeness (QED) is 0.716. The fraction of sp³-hybridized carbons (Fsp3) is 0.435. The van der Waals surface area contributed by atoms with Crippen LogP contribution in [0.5, 0.6) is 5.75 Å². The molecule has 3 heterocycles. The summed E-state index contributed by atoms with van der Waals surface area (Å²) < 4.78 is 46.7. The van der Waals surface area contributed by atoms with Crippen molar-refractivity contribution in [1.82, 2.24) is 15.2 Å². The summed E-state index contributed by atoms with van der Waals surface area (Å²) in [4.78, 5) is 30.3. The Morgan fingerprint density at radius 3 is 2.58 bits per heavy atom. The minimum atomic E-state index is -4.59. The number of aromatic nitrogens is 1. The van der Waals surface area contributed by atoms with Crippen LogP contribution in [-0.2, 0) is 17.5 Å². The molecule has 3 aliphatic rings. The number of benzene rings is 1. The summed E-state index contributed by atoms with van der Waals surface area (Å²) in [5.41, 5.74) is 0.788. The Morgan fingerprint density at radius 1 is 1.24 bits per heavy atom. The zero-order valence-electron chi connectivity index (χ0n) is 18.1. The van der Waals surface area contributed by atoms with E-state index in [1.807, 2.05) is 0 Å². The SMILES string of the molecule is CNc1ncc(-c2cc(OC3CN(C(=O)C4C[C@H]4C)C3)cc3c2CNC3=O)cc1C(F)(F)F. The molecule has 0 spiro atoms. The van der Waals surface area contributed by atoms with Crippen molar-refractivity contribution in [2.75, 3.05) is 25.5 Å². The third-order valence-electron chi connectivity index (χ3n) is 6.52. The number of pyridine rings is 1. The molecule has 0 bridgehead atoms. The Bertz CT molecular complexity index is 1140. The van der Waals surface area contributed by atoms with Gasteiger partial charge in [-0.2, -0.15) is 13.2 Å². The number of nitrogens with zero attached hydrogens (tertiary/aromatic N) is 2. The fourth-order valence-corrected chi connectivity index (χ4v) is 4.44. The number of anilines is 1. The lowest BCUT2D eigenvalue weighted by Gasteiger charge is -2.39. The molecule has 33 heavy (non-hydrogen) atoms. The first-order valence-corrected chi connectivity index (χ1v) is 10.8. The maximum Gasteiger partial charge on any atom is 0.419 e. The van der Waals surface area contributed by atoms with Gasteiger partial charge in [0.1, 0.15) is 17.7 Å². The lowest BCUT2D eigenvalue weighted by atomic mass is 9.96. The molecule has 2 aliphatic heterocycles. The van der Waals surface area contributed by atoms with Crippen LogP contribution >= 0.6 is 0 Å². The molecule has 2 aromatic rings. The standard InChI is InChI=1S/C23H23F3N4O3/c1-11-3-15(11)22(32)30-9-14(10-30)33-13-5-16(18-8-29-21(31)17(18)6-13)12-4-19(23(24,25)26)20(27-2)28-7-12/h4-7,11,14-15H,3,8-10H2,1-2H3,(H,27,28)(H,29,31)/t11-,15?/m1/s1. The number of halogens is 3. The second-order valence-electron chi connectivity index (χ2n) is 8.85. The molecule has 5 rings (SSSR count). The largest absolute Gasteiger partial charge is 0.487 e. The molecule has 2 fully saturated rings. The molecule has 2 atom stereocenters. The Balaban J connectivity index is 1.43. The van der Waals surface area contributed by atoms with E-state index in [1.54, 1.807) is 17.0 Å². The maximum absolute atomic E-state index is 13.6. The van der Waals surface area contributed by atoms with Crippen LogP contribution in [0, 0.1) is 11.8 Å². The third-order valence-corrected chi connectivity index (χ3v) is 6.52. The molecule has 7 nitrogen and oxygen atoms in total. The first kappa shape index (κ1) is 21.5. The zero-order valence-corrected chi connectivity index (χ0v) is 18.1. The number of alkyl halides is 3. The van der Waals surface area contributed by atoms with Gasteiger partial charge in [0.15, 0.2) is 0 Å². The normalized spacial score (nSPS) is 21.8. The number of carbonyl (C=O) groups excluding carboxylic acids is 2. The zero-order chi connectivity index (χ0) is 23.5. The van der Waals surface area contributed by atoms with Crippen molar-refractivity contribution in [3.8, 4) is 16.9 Å². The molecule has 1 aromatic heterocycles. The number of rotatable bonds is 5. The van der Waals surface area contributed by atoms with Gasteiger partial charge in [0.25, 0.3) is 5.91 Å². The Labute approximate surface area is 188 Å². The van der Waals surface area contributed by atoms with Crippen molar-refractivity contribution < 1.29 is 27.5 Å². The number of nitrogens with one attached hydrogen (secondary N) is 2. The second kappa shape index (κ2) is 7.64. The molecule has 0 radical (unpaired) electrons. The summed E-state index contributed by atoms with van der Waals surface area (Å²) in [6.45, 7) is 3.18. The van der Waals surface area contributed by atoms with Crippen LogP contribution in [-0.4, -0.2) is 47.9 Å². The summed E-state index contributed by atoms with van der Waals surface area (Å²) in [6, 6.07) is 4.28. The molecule has 1 aliphatic carbocycles. The lowest BCUT2D eigenvalue weighted by Crippen LogP contribution is -2.56. The van der Waals surface area contributed by atoms with Crippen molar-refractivity contribution in [2.45, 2.75) is 32.2 Å². The molecule has 2 amide bonds. The van der Waals surface area contributed by atoms with Crippen molar-refractivity contribution in [3.05, 3.63) is 41.1 Å². The minimum Gasteiger partial charge on any atom is -0.487 e. The van der Waals surface area contributed by atoms with E-state index < -0.39 is 11.7 Å². The molecule has 1 unspecified atom stereocenters. The van der Waals surface area contributed by atoms with Gasteiger partial charge in [0, 0.05) is 36.8 Å². The van der Waals surface area contributed by atoms with Gasteiger partial charge in [-0.25, -0.2) is 4.98 Å². The van der Waals surface area contributed by atoms with E-state index in [2.05, 4.69) is 22.5 Å². The lowest BCUT2D eigenvalue weighted by molar-refractivity contribution is -0.141. The molecule has 1 saturated heterocycles. The maximum atomic E-state index is 13.6. The Hall–Kier alpha value is -3.30. The molecule has 1 saturated carbocycles. The number of likely N-dealkylation sites (tertiary alicyclic amines) is 1. The number of amides is 2. The molecule has 10 heteroatoms. The highest BCUT2D eigenvalue weighted by atomic mass is 19.4. The monoisotopic (exact) mass is 460 g/mol. The van der Waals surface area contributed by atoms with Gasteiger partial charge in [0.2, 0.25) is 5.91 Å². The first-order chi connectivity index (χ1) is 15.7. The molecular weight excluding hydrogens is 437 g/mol. The van der Waals surface area contributed by atoms with Crippen LogP contribution in [0.3, 0.4) is 0 Å².